The van der Waals surface area contributed by atoms with Gasteiger partial charge in [0.05, 0.1) is 6.42 Å². The molecule has 3 nitrogen and oxygen atoms in total. The molecule has 0 bridgehead atoms. The maximum Gasteiger partial charge on any atom is 0.307 e. The predicted molar refractivity (Wildman–Crippen MR) is 62.0 cm³/mol. The van der Waals surface area contributed by atoms with Gasteiger partial charge < -0.3 is 9.53 Å². The molecular formula is C13H22O3. The number of carbonyl (C=O) groups excluding carboxylic acids is 2. The summed E-state index contributed by atoms with van der Waals surface area (Å²) in [7, 11) is 0. The lowest BCUT2D eigenvalue weighted by molar-refractivity contribution is -0.159. The summed E-state index contributed by atoms with van der Waals surface area (Å²) < 4.78 is 5.27. The molecule has 1 fully saturated rings. The van der Waals surface area contributed by atoms with E-state index in [1.54, 1.807) is 0 Å². The van der Waals surface area contributed by atoms with E-state index in [9.17, 15) is 9.59 Å². The van der Waals surface area contributed by atoms with Gasteiger partial charge in [-0.25, -0.2) is 0 Å². The van der Waals surface area contributed by atoms with Crippen LogP contribution in [0, 0.1) is 5.41 Å². The van der Waals surface area contributed by atoms with Crippen LogP contribution in [0.2, 0.25) is 0 Å². The van der Waals surface area contributed by atoms with Crippen molar-refractivity contribution in [2.75, 3.05) is 0 Å². The van der Waals surface area contributed by atoms with Gasteiger partial charge >= 0.3 is 5.97 Å². The minimum absolute atomic E-state index is 0.244. The first kappa shape index (κ1) is 13.2. The van der Waals surface area contributed by atoms with Crippen molar-refractivity contribution >= 4 is 12.3 Å². The normalized spacial score (nSPS) is 20.2. The molecule has 0 unspecified atom stereocenters. The summed E-state index contributed by atoms with van der Waals surface area (Å²) in [6.45, 7) is 5.54. The zero-order chi connectivity index (χ0) is 12.2. The van der Waals surface area contributed by atoms with Gasteiger partial charge in [0.2, 0.25) is 0 Å². The summed E-state index contributed by atoms with van der Waals surface area (Å²) >= 11 is 0. The third kappa shape index (κ3) is 3.95. The fourth-order valence-corrected chi connectivity index (χ4v) is 2.26. The molecule has 0 spiro atoms. The number of hydrogen-bond donors (Lipinski definition) is 0. The van der Waals surface area contributed by atoms with Gasteiger partial charge in [0.15, 0.2) is 0 Å². The van der Waals surface area contributed by atoms with Crippen LogP contribution in [0.1, 0.15) is 59.3 Å². The Balaban J connectivity index is 2.56. The lowest BCUT2D eigenvalue weighted by Gasteiger charge is -2.32. The lowest BCUT2D eigenvalue weighted by atomic mass is 9.73. The van der Waals surface area contributed by atoms with Gasteiger partial charge in [-0.15, -0.1) is 0 Å². The molecule has 1 aliphatic carbocycles. The quantitative estimate of drug-likeness (QED) is 0.549. The van der Waals surface area contributed by atoms with E-state index in [1.165, 1.54) is 6.42 Å². The molecule has 0 radical (unpaired) electrons. The molecule has 1 saturated carbocycles. The topological polar surface area (TPSA) is 43.4 Å². The standard InChI is InChI=1S/C13H22O3/c1-12(2,3)16-11(15)9-13(10-14)7-5-4-6-8-13/h10H,4-9H2,1-3H3. The van der Waals surface area contributed by atoms with Crippen molar-refractivity contribution in [2.24, 2.45) is 5.41 Å². The summed E-state index contributed by atoms with van der Waals surface area (Å²) in [5, 5.41) is 0. The molecule has 0 aromatic rings. The van der Waals surface area contributed by atoms with E-state index in [0.717, 1.165) is 32.0 Å². The number of esters is 1. The summed E-state index contributed by atoms with van der Waals surface area (Å²) in [5.74, 6) is -0.249. The van der Waals surface area contributed by atoms with E-state index < -0.39 is 11.0 Å². The number of aldehydes is 1. The smallest absolute Gasteiger partial charge is 0.307 e. The fourth-order valence-electron chi connectivity index (χ4n) is 2.26. The SMILES string of the molecule is CC(C)(C)OC(=O)CC1(C=O)CCCCC1. The van der Waals surface area contributed by atoms with Crippen LogP contribution < -0.4 is 0 Å². The number of ether oxygens (including phenoxy) is 1. The Kier molecular flexibility index (Phi) is 4.11. The average molecular weight is 226 g/mol. The van der Waals surface area contributed by atoms with Gasteiger partial charge in [0, 0.05) is 5.41 Å². The van der Waals surface area contributed by atoms with Crippen LogP contribution in [0.15, 0.2) is 0 Å². The van der Waals surface area contributed by atoms with Crippen LogP contribution in [-0.2, 0) is 14.3 Å². The van der Waals surface area contributed by atoms with Gasteiger partial charge in [-0.3, -0.25) is 4.79 Å². The summed E-state index contributed by atoms with van der Waals surface area (Å²) in [4.78, 5) is 22.9. The second-order valence-electron chi connectivity index (χ2n) is 5.80. The van der Waals surface area contributed by atoms with Crippen LogP contribution >= 0.6 is 0 Å². The molecule has 16 heavy (non-hydrogen) atoms. The van der Waals surface area contributed by atoms with Gasteiger partial charge in [0.1, 0.15) is 11.9 Å². The minimum Gasteiger partial charge on any atom is -0.460 e. The second-order valence-corrected chi connectivity index (χ2v) is 5.80. The Morgan fingerprint density at radius 1 is 1.25 bits per heavy atom. The molecule has 0 atom stereocenters. The molecule has 3 heteroatoms. The zero-order valence-corrected chi connectivity index (χ0v) is 10.5. The van der Waals surface area contributed by atoms with Crippen LogP contribution in [0.4, 0.5) is 0 Å². The fraction of sp³-hybridized carbons (Fsp3) is 0.846. The Morgan fingerprint density at radius 3 is 2.25 bits per heavy atom. The monoisotopic (exact) mass is 226 g/mol. The van der Waals surface area contributed by atoms with E-state index in [0.29, 0.717) is 0 Å². The number of hydrogen-bond acceptors (Lipinski definition) is 3. The minimum atomic E-state index is -0.462. The van der Waals surface area contributed by atoms with Gasteiger partial charge in [-0.2, -0.15) is 0 Å². The molecule has 0 N–H and O–H groups in total. The molecule has 92 valence electrons. The molecule has 0 heterocycles. The van der Waals surface area contributed by atoms with Gasteiger partial charge in [0.25, 0.3) is 0 Å². The molecule has 0 aromatic heterocycles. The van der Waals surface area contributed by atoms with Crippen molar-refractivity contribution in [3.05, 3.63) is 0 Å². The van der Waals surface area contributed by atoms with E-state index in [1.807, 2.05) is 20.8 Å². The maximum atomic E-state index is 11.7. The third-order valence-corrected chi connectivity index (χ3v) is 3.02. The zero-order valence-electron chi connectivity index (χ0n) is 10.5. The summed E-state index contributed by atoms with van der Waals surface area (Å²) in [5.41, 5.74) is -0.906. The van der Waals surface area contributed by atoms with Crippen LogP contribution in [0.25, 0.3) is 0 Å². The third-order valence-electron chi connectivity index (χ3n) is 3.02. The average Bonchev–Trinajstić information content (AvgIpc) is 2.16. The lowest BCUT2D eigenvalue weighted by Crippen LogP contribution is -2.32. The molecule has 0 saturated heterocycles. The van der Waals surface area contributed by atoms with Crippen molar-refractivity contribution in [3.8, 4) is 0 Å². The highest BCUT2D eigenvalue weighted by Crippen LogP contribution is 2.37. The predicted octanol–water partition coefficient (Wildman–Crippen LogP) is 2.87. The highest BCUT2D eigenvalue weighted by molar-refractivity contribution is 5.76. The second kappa shape index (κ2) is 4.98. The van der Waals surface area contributed by atoms with Gasteiger partial charge in [-0.1, -0.05) is 19.3 Å². The van der Waals surface area contributed by atoms with Crippen LogP contribution in [0.5, 0.6) is 0 Å². The molecular weight excluding hydrogens is 204 g/mol. The first-order valence-corrected chi connectivity index (χ1v) is 6.05. The van der Waals surface area contributed by atoms with Crippen molar-refractivity contribution < 1.29 is 14.3 Å². The number of carbonyl (C=O) groups is 2. The number of rotatable bonds is 3. The van der Waals surface area contributed by atoms with Crippen molar-refractivity contribution in [2.45, 2.75) is 64.9 Å². The molecule has 1 rings (SSSR count). The van der Waals surface area contributed by atoms with E-state index in [4.69, 9.17) is 4.74 Å². The molecule has 0 aliphatic heterocycles. The highest BCUT2D eigenvalue weighted by atomic mass is 16.6. The maximum absolute atomic E-state index is 11.7. The first-order chi connectivity index (χ1) is 7.37. The van der Waals surface area contributed by atoms with Crippen molar-refractivity contribution in [3.63, 3.8) is 0 Å². The molecule has 1 aliphatic rings. The summed E-state index contributed by atoms with van der Waals surface area (Å²) in [6.07, 6.45) is 6.13. The Morgan fingerprint density at radius 2 is 1.81 bits per heavy atom. The Hall–Kier alpha value is -0.860. The van der Waals surface area contributed by atoms with Crippen LogP contribution in [-0.4, -0.2) is 17.9 Å². The van der Waals surface area contributed by atoms with Crippen LogP contribution in [0.3, 0.4) is 0 Å². The van der Waals surface area contributed by atoms with Crippen molar-refractivity contribution in [1.29, 1.82) is 0 Å². The van der Waals surface area contributed by atoms with Crippen molar-refractivity contribution in [1.82, 2.24) is 0 Å². The highest BCUT2D eigenvalue weighted by Gasteiger charge is 2.35. The summed E-state index contributed by atoms with van der Waals surface area (Å²) in [6, 6.07) is 0. The Bertz CT molecular complexity index is 257. The van der Waals surface area contributed by atoms with E-state index in [-0.39, 0.29) is 12.4 Å². The first-order valence-electron chi connectivity index (χ1n) is 6.05. The largest absolute Gasteiger partial charge is 0.460 e. The Labute approximate surface area is 97.5 Å². The van der Waals surface area contributed by atoms with E-state index >= 15 is 0 Å². The molecule has 0 aromatic carbocycles. The molecule has 0 amide bonds. The van der Waals surface area contributed by atoms with E-state index in [2.05, 4.69) is 0 Å². The van der Waals surface area contributed by atoms with Gasteiger partial charge in [-0.05, 0) is 33.6 Å².